The van der Waals surface area contributed by atoms with E-state index in [0.29, 0.717) is 29.8 Å². The van der Waals surface area contributed by atoms with Gasteiger partial charge in [0.05, 0.1) is 5.54 Å². The van der Waals surface area contributed by atoms with Gasteiger partial charge in [-0.05, 0) is 54.5 Å². The quantitative estimate of drug-likeness (QED) is 0.824. The number of halogens is 3. The molecule has 2 aliphatic rings. The Morgan fingerprint density at radius 1 is 1.21 bits per heavy atom. The highest BCUT2D eigenvalue weighted by Gasteiger charge is 2.52. The molecular weight excluding hydrogens is 381 g/mol. The van der Waals surface area contributed by atoms with E-state index < -0.39 is 23.0 Å². The Balaban J connectivity index is 1.97. The molecule has 0 saturated carbocycles. The molecule has 0 bridgehead atoms. The van der Waals surface area contributed by atoms with Gasteiger partial charge in [0, 0.05) is 49.4 Å². The second kappa shape index (κ2) is 7.22. The van der Waals surface area contributed by atoms with Crippen LogP contribution in [0.2, 0.25) is 0 Å². The Hall–Kier alpha value is -2.80. The molecule has 2 aliphatic heterocycles. The summed E-state index contributed by atoms with van der Waals surface area (Å²) in [5, 5.41) is 12.8. The van der Waals surface area contributed by atoms with E-state index in [-0.39, 0.29) is 30.5 Å². The van der Waals surface area contributed by atoms with Crippen molar-refractivity contribution in [2.24, 2.45) is 5.92 Å². The largest absolute Gasteiger partial charge is 0.396 e. The van der Waals surface area contributed by atoms with Crippen LogP contribution in [-0.4, -0.2) is 35.6 Å². The third kappa shape index (κ3) is 3.09. The summed E-state index contributed by atoms with van der Waals surface area (Å²) in [7, 11) is 0. The van der Waals surface area contributed by atoms with Crippen LogP contribution in [0.25, 0.3) is 5.57 Å². The van der Waals surface area contributed by atoms with Gasteiger partial charge in [-0.15, -0.1) is 0 Å². The third-order valence-electron chi connectivity index (χ3n) is 5.88. The van der Waals surface area contributed by atoms with Crippen molar-refractivity contribution in [2.75, 3.05) is 25.0 Å². The lowest BCUT2D eigenvalue weighted by atomic mass is 9.72. The molecule has 0 radical (unpaired) electrons. The molecule has 2 aromatic rings. The maximum Gasteiger partial charge on any atom is 0.220 e. The number of rotatable bonds is 3. The molecule has 29 heavy (non-hydrogen) atoms. The number of aliphatic hydroxyl groups is 1. The number of hydrogen-bond donors (Lipinski definition) is 2. The molecule has 7 heteroatoms. The van der Waals surface area contributed by atoms with Crippen molar-refractivity contribution in [3.63, 3.8) is 0 Å². The summed E-state index contributed by atoms with van der Waals surface area (Å²) in [5.41, 5.74) is 0.684. The van der Waals surface area contributed by atoms with Gasteiger partial charge in [-0.3, -0.25) is 4.79 Å². The molecule has 0 saturated heterocycles. The first-order valence-corrected chi connectivity index (χ1v) is 9.47. The molecule has 2 aromatic carbocycles. The zero-order valence-corrected chi connectivity index (χ0v) is 15.9. The van der Waals surface area contributed by atoms with Crippen molar-refractivity contribution >= 4 is 17.2 Å². The molecule has 0 aromatic heterocycles. The predicted octanol–water partition coefficient (Wildman–Crippen LogP) is 3.67. The normalized spacial score (nSPS) is 23.0. The SMILES string of the molecule is CC(=O)N1CC(c2cc(F)ccc2F)=CC12c1cc(F)ccc1NCC2CCO. The van der Waals surface area contributed by atoms with E-state index in [1.54, 1.807) is 17.0 Å². The van der Waals surface area contributed by atoms with Gasteiger partial charge in [0.2, 0.25) is 5.91 Å². The minimum atomic E-state index is -1.06. The molecule has 4 rings (SSSR count). The highest BCUT2D eigenvalue weighted by Crippen LogP contribution is 2.51. The maximum atomic E-state index is 14.5. The Labute approximate surface area is 166 Å². The lowest BCUT2D eigenvalue weighted by molar-refractivity contribution is -0.134. The van der Waals surface area contributed by atoms with Crippen molar-refractivity contribution in [3.8, 4) is 0 Å². The second-order valence-corrected chi connectivity index (χ2v) is 7.50. The van der Waals surface area contributed by atoms with Crippen LogP contribution in [0.5, 0.6) is 0 Å². The maximum absolute atomic E-state index is 14.5. The Morgan fingerprint density at radius 2 is 1.93 bits per heavy atom. The first kappa shape index (κ1) is 19.5. The van der Waals surface area contributed by atoms with Crippen molar-refractivity contribution < 1.29 is 23.1 Å². The van der Waals surface area contributed by atoms with Gasteiger partial charge in [0.25, 0.3) is 0 Å². The molecule has 2 heterocycles. The second-order valence-electron chi connectivity index (χ2n) is 7.50. The van der Waals surface area contributed by atoms with Crippen LogP contribution in [-0.2, 0) is 10.3 Å². The van der Waals surface area contributed by atoms with Crippen LogP contribution in [0.15, 0.2) is 42.5 Å². The molecule has 0 aliphatic carbocycles. The summed E-state index contributed by atoms with van der Waals surface area (Å²) >= 11 is 0. The summed E-state index contributed by atoms with van der Waals surface area (Å²) in [5.74, 6) is -2.18. The van der Waals surface area contributed by atoms with Gasteiger partial charge in [-0.25, -0.2) is 13.2 Å². The number of nitrogens with one attached hydrogen (secondary N) is 1. The van der Waals surface area contributed by atoms with E-state index in [2.05, 4.69) is 5.32 Å². The number of aliphatic hydroxyl groups excluding tert-OH is 1. The lowest BCUT2D eigenvalue weighted by Gasteiger charge is -2.48. The Kier molecular flexibility index (Phi) is 4.86. The highest BCUT2D eigenvalue weighted by molar-refractivity contribution is 5.84. The molecule has 0 fully saturated rings. The number of carbonyl (C=O) groups excluding carboxylic acids is 1. The molecule has 2 atom stereocenters. The van der Waals surface area contributed by atoms with Crippen molar-refractivity contribution in [1.29, 1.82) is 0 Å². The first-order valence-electron chi connectivity index (χ1n) is 9.47. The number of hydrogen-bond acceptors (Lipinski definition) is 3. The summed E-state index contributed by atoms with van der Waals surface area (Å²) in [6, 6.07) is 7.49. The number of benzene rings is 2. The molecule has 152 valence electrons. The van der Waals surface area contributed by atoms with Gasteiger partial charge < -0.3 is 15.3 Å². The number of anilines is 1. The van der Waals surface area contributed by atoms with Gasteiger partial charge in [-0.1, -0.05) is 0 Å². The minimum absolute atomic E-state index is 0.0631. The smallest absolute Gasteiger partial charge is 0.220 e. The monoisotopic (exact) mass is 402 g/mol. The van der Waals surface area contributed by atoms with Crippen LogP contribution in [0.3, 0.4) is 0 Å². The molecule has 2 unspecified atom stereocenters. The van der Waals surface area contributed by atoms with E-state index >= 15 is 0 Å². The van der Waals surface area contributed by atoms with Gasteiger partial charge in [-0.2, -0.15) is 0 Å². The van der Waals surface area contributed by atoms with Crippen LogP contribution in [0, 0.1) is 23.4 Å². The van der Waals surface area contributed by atoms with Crippen LogP contribution in [0.4, 0.5) is 18.9 Å². The van der Waals surface area contributed by atoms with Gasteiger partial charge in [0.1, 0.15) is 17.5 Å². The van der Waals surface area contributed by atoms with Crippen LogP contribution >= 0.6 is 0 Å². The number of carbonyl (C=O) groups is 1. The van der Waals surface area contributed by atoms with Crippen molar-refractivity contribution in [2.45, 2.75) is 18.9 Å². The molecule has 1 amide bonds. The van der Waals surface area contributed by atoms with E-state index in [0.717, 1.165) is 18.2 Å². The zero-order valence-electron chi connectivity index (χ0n) is 15.9. The van der Waals surface area contributed by atoms with E-state index in [4.69, 9.17) is 0 Å². The fourth-order valence-electron chi connectivity index (χ4n) is 4.62. The topological polar surface area (TPSA) is 52.6 Å². The van der Waals surface area contributed by atoms with E-state index in [1.807, 2.05) is 0 Å². The first-order chi connectivity index (χ1) is 13.9. The van der Waals surface area contributed by atoms with E-state index in [9.17, 15) is 23.1 Å². The standard InChI is InChI=1S/C22H21F3N2O2/c1-13(29)27-12-14(18-8-16(23)2-4-20(18)25)10-22(27)15(6-7-28)11-26-21-5-3-17(24)9-19(21)22/h2-5,8-10,15,26,28H,6-7,11-12H2,1H3. The average Bonchev–Trinajstić information content (AvgIpc) is 3.08. The van der Waals surface area contributed by atoms with Gasteiger partial charge in [0.15, 0.2) is 0 Å². The van der Waals surface area contributed by atoms with Crippen LogP contribution < -0.4 is 5.32 Å². The van der Waals surface area contributed by atoms with Crippen molar-refractivity contribution in [3.05, 3.63) is 71.1 Å². The summed E-state index contributed by atoms with van der Waals surface area (Å²) in [6.07, 6.45) is 2.09. The Morgan fingerprint density at radius 3 is 2.66 bits per heavy atom. The molecular formula is C22H21F3N2O2. The minimum Gasteiger partial charge on any atom is -0.396 e. The zero-order chi connectivity index (χ0) is 20.8. The molecule has 2 N–H and O–H groups in total. The fourth-order valence-corrected chi connectivity index (χ4v) is 4.62. The lowest BCUT2D eigenvalue weighted by Crippen LogP contribution is -2.54. The summed E-state index contributed by atoms with van der Waals surface area (Å²) in [4.78, 5) is 14.2. The molecule has 1 spiro atoms. The van der Waals surface area contributed by atoms with E-state index in [1.165, 1.54) is 19.1 Å². The highest BCUT2D eigenvalue weighted by atomic mass is 19.1. The van der Waals surface area contributed by atoms with Crippen LogP contribution in [0.1, 0.15) is 24.5 Å². The fraction of sp³-hybridized carbons (Fsp3) is 0.318. The van der Waals surface area contributed by atoms with Gasteiger partial charge >= 0.3 is 0 Å². The summed E-state index contributed by atoms with van der Waals surface area (Å²) in [6.45, 7) is 1.78. The predicted molar refractivity (Wildman–Crippen MR) is 103 cm³/mol. The number of amides is 1. The average molecular weight is 402 g/mol. The number of nitrogens with zero attached hydrogens (tertiary/aromatic N) is 1. The third-order valence-corrected chi connectivity index (χ3v) is 5.88. The Bertz CT molecular complexity index is 1010. The van der Waals surface area contributed by atoms with Crippen molar-refractivity contribution in [1.82, 2.24) is 4.90 Å². The summed E-state index contributed by atoms with van der Waals surface area (Å²) < 4.78 is 42.5. The number of fused-ring (bicyclic) bond motifs is 2. The molecule has 4 nitrogen and oxygen atoms in total.